The fraction of sp³-hybridized carbons (Fsp3) is 0.500. The summed E-state index contributed by atoms with van der Waals surface area (Å²) in [5, 5.41) is 0.721. The Balaban J connectivity index is 2.65. The van der Waals surface area contributed by atoms with Crippen molar-refractivity contribution in [2.45, 2.75) is 32.6 Å². The van der Waals surface area contributed by atoms with Crippen LogP contribution >= 0.6 is 11.6 Å². The molecular weight excluding hydrogens is 248 g/mol. The summed E-state index contributed by atoms with van der Waals surface area (Å²) in [4.78, 5) is 13.7. The molecule has 1 unspecified atom stereocenters. The number of nitrogens with two attached hydrogens (primary N) is 1. The predicted octanol–water partition coefficient (Wildman–Crippen LogP) is 2.84. The molecule has 0 spiro atoms. The molecule has 0 saturated heterocycles. The number of fused-ring (bicyclic) bond motifs is 1. The quantitative estimate of drug-likeness (QED) is 0.850. The van der Waals surface area contributed by atoms with Crippen LogP contribution in [0, 0.1) is 6.92 Å². The Morgan fingerprint density at radius 2 is 2.28 bits per heavy atom. The van der Waals surface area contributed by atoms with Crippen LogP contribution in [0.25, 0.3) is 0 Å². The van der Waals surface area contributed by atoms with Crippen LogP contribution in [0.5, 0.6) is 0 Å². The highest BCUT2D eigenvalue weighted by molar-refractivity contribution is 6.32. The number of amides is 1. The van der Waals surface area contributed by atoms with Crippen LogP contribution in [0.15, 0.2) is 12.1 Å². The number of aryl methyl sites for hydroxylation is 1. The molecule has 18 heavy (non-hydrogen) atoms. The summed E-state index contributed by atoms with van der Waals surface area (Å²) in [6.45, 7) is 4.94. The van der Waals surface area contributed by atoms with Crippen molar-refractivity contribution in [1.82, 2.24) is 0 Å². The van der Waals surface area contributed by atoms with E-state index < -0.39 is 0 Å². The molecular formula is C14H19ClN2O. The maximum atomic E-state index is 11.8. The van der Waals surface area contributed by atoms with E-state index in [9.17, 15) is 4.79 Å². The van der Waals surface area contributed by atoms with E-state index in [-0.39, 0.29) is 11.8 Å². The normalized spacial score (nSPS) is 19.3. The SMILES string of the molecule is CC(=O)N1CCCC(CN)c2c(Cl)ccc(C)c21. The van der Waals surface area contributed by atoms with Crippen LogP contribution in [0.2, 0.25) is 5.02 Å². The van der Waals surface area contributed by atoms with Crippen molar-refractivity contribution in [2.75, 3.05) is 18.0 Å². The zero-order chi connectivity index (χ0) is 13.3. The third kappa shape index (κ3) is 2.25. The second kappa shape index (κ2) is 5.29. The van der Waals surface area contributed by atoms with Gasteiger partial charge < -0.3 is 10.6 Å². The average Bonchev–Trinajstić information content (AvgIpc) is 2.53. The molecule has 1 amide bonds. The number of benzene rings is 1. The number of halogens is 1. The minimum absolute atomic E-state index is 0.0688. The first kappa shape index (κ1) is 13.4. The van der Waals surface area contributed by atoms with E-state index in [0.717, 1.165) is 41.2 Å². The smallest absolute Gasteiger partial charge is 0.223 e. The third-order valence-corrected chi connectivity index (χ3v) is 3.97. The molecule has 0 saturated carbocycles. The topological polar surface area (TPSA) is 46.3 Å². The summed E-state index contributed by atoms with van der Waals surface area (Å²) < 4.78 is 0. The standard InChI is InChI=1S/C14H19ClN2O/c1-9-5-6-12(15)13-11(8-16)4-3-7-17(10(2)18)14(9)13/h5-6,11H,3-4,7-8,16H2,1-2H3. The van der Waals surface area contributed by atoms with Gasteiger partial charge in [0.15, 0.2) is 0 Å². The number of carbonyl (C=O) groups is 1. The van der Waals surface area contributed by atoms with Gasteiger partial charge in [-0.2, -0.15) is 0 Å². The van der Waals surface area contributed by atoms with E-state index in [0.29, 0.717) is 6.54 Å². The summed E-state index contributed by atoms with van der Waals surface area (Å²) in [6, 6.07) is 3.87. The highest BCUT2D eigenvalue weighted by Crippen LogP contribution is 2.40. The molecule has 1 heterocycles. The lowest BCUT2D eigenvalue weighted by Crippen LogP contribution is -2.30. The van der Waals surface area contributed by atoms with E-state index in [1.54, 1.807) is 6.92 Å². The third-order valence-electron chi connectivity index (χ3n) is 3.64. The number of rotatable bonds is 1. The van der Waals surface area contributed by atoms with Crippen LogP contribution in [0.3, 0.4) is 0 Å². The first-order valence-corrected chi connectivity index (χ1v) is 6.71. The van der Waals surface area contributed by atoms with E-state index in [1.807, 2.05) is 24.0 Å². The Morgan fingerprint density at radius 1 is 1.56 bits per heavy atom. The summed E-state index contributed by atoms with van der Waals surface area (Å²) in [7, 11) is 0. The molecule has 2 N–H and O–H groups in total. The Kier molecular flexibility index (Phi) is 3.93. The molecule has 0 aromatic heterocycles. The van der Waals surface area contributed by atoms with Gasteiger partial charge >= 0.3 is 0 Å². The molecule has 0 aliphatic carbocycles. The summed E-state index contributed by atoms with van der Waals surface area (Å²) >= 11 is 6.34. The molecule has 1 aromatic carbocycles. The van der Waals surface area contributed by atoms with Crippen molar-refractivity contribution >= 4 is 23.2 Å². The van der Waals surface area contributed by atoms with Crippen LogP contribution in [-0.2, 0) is 4.79 Å². The fourth-order valence-electron chi connectivity index (χ4n) is 2.74. The van der Waals surface area contributed by atoms with Crippen molar-refractivity contribution in [3.05, 3.63) is 28.3 Å². The first-order valence-electron chi connectivity index (χ1n) is 6.33. The molecule has 3 nitrogen and oxygen atoms in total. The Morgan fingerprint density at radius 3 is 2.89 bits per heavy atom. The summed E-state index contributed by atoms with van der Waals surface area (Å²) in [5.41, 5.74) is 8.98. The lowest BCUT2D eigenvalue weighted by molar-refractivity contribution is -0.116. The van der Waals surface area contributed by atoms with Gasteiger partial charge in [0.2, 0.25) is 5.91 Å². The van der Waals surface area contributed by atoms with E-state index in [4.69, 9.17) is 17.3 Å². The van der Waals surface area contributed by atoms with Gasteiger partial charge in [-0.15, -0.1) is 0 Å². The molecule has 1 aliphatic rings. The first-order chi connectivity index (χ1) is 8.56. The Hall–Kier alpha value is -1.06. The van der Waals surface area contributed by atoms with Crippen LogP contribution in [-0.4, -0.2) is 19.0 Å². The number of anilines is 1. The van der Waals surface area contributed by atoms with Gasteiger partial charge in [-0.1, -0.05) is 17.7 Å². The molecule has 0 fully saturated rings. The van der Waals surface area contributed by atoms with Gasteiger partial charge in [-0.3, -0.25) is 4.79 Å². The maximum Gasteiger partial charge on any atom is 0.223 e. The van der Waals surface area contributed by atoms with E-state index in [2.05, 4.69) is 0 Å². The van der Waals surface area contributed by atoms with Crippen LogP contribution in [0.1, 0.15) is 36.8 Å². The van der Waals surface area contributed by atoms with Crippen molar-refractivity contribution < 1.29 is 4.79 Å². The Labute approximate surface area is 113 Å². The molecule has 1 aromatic rings. The van der Waals surface area contributed by atoms with Gasteiger partial charge in [0, 0.05) is 18.5 Å². The molecule has 2 rings (SSSR count). The second-order valence-corrected chi connectivity index (χ2v) is 5.28. The van der Waals surface area contributed by atoms with Gasteiger partial charge in [-0.25, -0.2) is 0 Å². The van der Waals surface area contributed by atoms with E-state index >= 15 is 0 Å². The van der Waals surface area contributed by atoms with Gasteiger partial charge in [0.05, 0.1) is 5.69 Å². The minimum Gasteiger partial charge on any atom is -0.330 e. The zero-order valence-electron chi connectivity index (χ0n) is 10.9. The minimum atomic E-state index is 0.0688. The van der Waals surface area contributed by atoms with Crippen molar-refractivity contribution in [2.24, 2.45) is 5.73 Å². The fourth-order valence-corrected chi connectivity index (χ4v) is 3.05. The molecule has 0 bridgehead atoms. The monoisotopic (exact) mass is 266 g/mol. The van der Waals surface area contributed by atoms with E-state index in [1.165, 1.54) is 0 Å². The van der Waals surface area contributed by atoms with Crippen molar-refractivity contribution in [1.29, 1.82) is 0 Å². The number of carbonyl (C=O) groups excluding carboxylic acids is 1. The number of nitrogens with zero attached hydrogens (tertiary/aromatic N) is 1. The predicted molar refractivity (Wildman–Crippen MR) is 75.2 cm³/mol. The zero-order valence-corrected chi connectivity index (χ0v) is 11.6. The number of hydrogen-bond acceptors (Lipinski definition) is 2. The number of hydrogen-bond donors (Lipinski definition) is 1. The molecule has 4 heteroatoms. The van der Waals surface area contributed by atoms with Gasteiger partial charge in [-0.05, 0) is 49.4 Å². The second-order valence-electron chi connectivity index (χ2n) is 4.87. The van der Waals surface area contributed by atoms with Crippen LogP contribution < -0.4 is 10.6 Å². The highest BCUT2D eigenvalue weighted by Gasteiger charge is 2.27. The summed E-state index contributed by atoms with van der Waals surface area (Å²) in [6.07, 6.45) is 1.95. The van der Waals surface area contributed by atoms with Gasteiger partial charge in [0.25, 0.3) is 0 Å². The van der Waals surface area contributed by atoms with Crippen molar-refractivity contribution in [3.63, 3.8) is 0 Å². The van der Waals surface area contributed by atoms with Gasteiger partial charge in [0.1, 0.15) is 0 Å². The largest absolute Gasteiger partial charge is 0.330 e. The lowest BCUT2D eigenvalue weighted by atomic mass is 9.92. The highest BCUT2D eigenvalue weighted by atomic mass is 35.5. The molecule has 1 aliphatic heterocycles. The van der Waals surface area contributed by atoms with Crippen LogP contribution in [0.4, 0.5) is 5.69 Å². The molecule has 98 valence electrons. The molecule has 0 radical (unpaired) electrons. The average molecular weight is 267 g/mol. The Bertz CT molecular complexity index is 473. The van der Waals surface area contributed by atoms with Crippen molar-refractivity contribution in [3.8, 4) is 0 Å². The lowest BCUT2D eigenvalue weighted by Gasteiger charge is -2.25. The molecule has 1 atom stereocenters. The summed E-state index contributed by atoms with van der Waals surface area (Å²) in [5.74, 6) is 0.316. The maximum absolute atomic E-state index is 11.8.